The van der Waals surface area contributed by atoms with Crippen LogP contribution in [-0.4, -0.2) is 38.0 Å². The third kappa shape index (κ3) is 24.9. The van der Waals surface area contributed by atoms with Gasteiger partial charge in [0, 0.05) is 0 Å². The van der Waals surface area contributed by atoms with Crippen LogP contribution >= 0.6 is 0 Å². The van der Waals surface area contributed by atoms with E-state index in [1.165, 1.54) is 0 Å². The van der Waals surface area contributed by atoms with Gasteiger partial charge in [-0.05, 0) is 55.4 Å². The first kappa shape index (κ1) is 20.2. The Morgan fingerprint density at radius 3 is 0.722 bits per heavy atom. The van der Waals surface area contributed by atoms with Gasteiger partial charge in [-0.25, -0.2) is 0 Å². The standard InChI is InChI=1S/2C7H16O2/c2*1-6(2)8-5-9-7(3)4/h2*6-7H,5H2,1-4H3. The van der Waals surface area contributed by atoms with Crippen LogP contribution in [-0.2, 0) is 18.9 Å². The van der Waals surface area contributed by atoms with Crippen LogP contribution in [0.15, 0.2) is 0 Å². The average molecular weight is 264 g/mol. The van der Waals surface area contributed by atoms with E-state index in [1.54, 1.807) is 0 Å². The first-order valence-corrected chi connectivity index (χ1v) is 6.72. The van der Waals surface area contributed by atoms with Crippen molar-refractivity contribution in [3.63, 3.8) is 0 Å². The van der Waals surface area contributed by atoms with Gasteiger partial charge < -0.3 is 18.9 Å². The van der Waals surface area contributed by atoms with Gasteiger partial charge in [-0.1, -0.05) is 0 Å². The minimum absolute atomic E-state index is 0.267. The first-order valence-electron chi connectivity index (χ1n) is 6.72. The number of hydrogen-bond donors (Lipinski definition) is 0. The van der Waals surface area contributed by atoms with E-state index >= 15 is 0 Å². The van der Waals surface area contributed by atoms with Crippen molar-refractivity contribution in [1.82, 2.24) is 0 Å². The topological polar surface area (TPSA) is 36.9 Å². The summed E-state index contributed by atoms with van der Waals surface area (Å²) < 4.78 is 20.5. The Morgan fingerprint density at radius 1 is 0.444 bits per heavy atom. The van der Waals surface area contributed by atoms with Crippen LogP contribution in [0.1, 0.15) is 55.4 Å². The third-order valence-corrected chi connectivity index (χ3v) is 1.61. The predicted octanol–water partition coefficient (Wildman–Crippen LogP) is 3.59. The van der Waals surface area contributed by atoms with E-state index < -0.39 is 0 Å². The average Bonchev–Trinajstić information content (AvgIpc) is 2.15. The Hall–Kier alpha value is -0.160. The molecule has 0 rings (SSSR count). The van der Waals surface area contributed by atoms with Gasteiger partial charge in [0.25, 0.3) is 0 Å². The maximum Gasteiger partial charge on any atom is 0.147 e. The van der Waals surface area contributed by atoms with Crippen molar-refractivity contribution in [2.45, 2.75) is 79.8 Å². The first-order chi connectivity index (χ1) is 8.25. The molecule has 0 aliphatic carbocycles. The second-order valence-corrected chi connectivity index (χ2v) is 5.10. The van der Waals surface area contributed by atoms with Crippen molar-refractivity contribution in [2.75, 3.05) is 13.6 Å². The Labute approximate surface area is 113 Å². The molecule has 0 aliphatic rings. The van der Waals surface area contributed by atoms with E-state index in [1.807, 2.05) is 55.4 Å². The fourth-order valence-electron chi connectivity index (χ4n) is 0.623. The normalized spacial score (nSPS) is 11.3. The molecule has 0 radical (unpaired) electrons. The van der Waals surface area contributed by atoms with Gasteiger partial charge in [0.05, 0.1) is 24.4 Å². The van der Waals surface area contributed by atoms with E-state index in [9.17, 15) is 0 Å². The van der Waals surface area contributed by atoms with Crippen molar-refractivity contribution in [3.8, 4) is 0 Å². The van der Waals surface area contributed by atoms with Crippen LogP contribution in [0.5, 0.6) is 0 Å². The highest BCUT2D eigenvalue weighted by Gasteiger charge is 1.94. The Balaban J connectivity index is 0. The summed E-state index contributed by atoms with van der Waals surface area (Å²) in [5, 5.41) is 0. The predicted molar refractivity (Wildman–Crippen MR) is 74.6 cm³/mol. The van der Waals surface area contributed by atoms with E-state index in [2.05, 4.69) is 0 Å². The van der Waals surface area contributed by atoms with Gasteiger partial charge in [0.15, 0.2) is 0 Å². The Bertz CT molecular complexity index is 122. The molecule has 0 aromatic heterocycles. The monoisotopic (exact) mass is 264 g/mol. The van der Waals surface area contributed by atoms with Gasteiger partial charge in [-0.15, -0.1) is 0 Å². The largest absolute Gasteiger partial charge is 0.353 e. The number of rotatable bonds is 8. The second kappa shape index (κ2) is 13.3. The van der Waals surface area contributed by atoms with Crippen LogP contribution in [0, 0.1) is 0 Å². The highest BCUT2D eigenvalue weighted by atomic mass is 16.7. The molecule has 18 heavy (non-hydrogen) atoms. The fourth-order valence-corrected chi connectivity index (χ4v) is 0.623. The molecule has 0 fully saturated rings. The van der Waals surface area contributed by atoms with Gasteiger partial charge in [-0.2, -0.15) is 0 Å². The van der Waals surface area contributed by atoms with Crippen LogP contribution in [0.2, 0.25) is 0 Å². The van der Waals surface area contributed by atoms with Gasteiger partial charge >= 0.3 is 0 Å². The lowest BCUT2D eigenvalue weighted by Crippen LogP contribution is -2.11. The zero-order valence-corrected chi connectivity index (χ0v) is 13.4. The number of hydrogen-bond acceptors (Lipinski definition) is 4. The summed E-state index contributed by atoms with van der Waals surface area (Å²) in [6.45, 7) is 16.7. The SMILES string of the molecule is CC(C)OCOC(C)C.CC(C)OCOC(C)C. The molecule has 0 amide bonds. The molecule has 0 saturated carbocycles. The minimum atomic E-state index is 0.267. The molecule has 0 unspecified atom stereocenters. The summed E-state index contributed by atoms with van der Waals surface area (Å²) in [4.78, 5) is 0. The van der Waals surface area contributed by atoms with Gasteiger partial charge in [-0.3, -0.25) is 0 Å². The summed E-state index contributed by atoms with van der Waals surface area (Å²) in [6, 6.07) is 0. The molecule has 0 bridgehead atoms. The maximum atomic E-state index is 5.13. The summed E-state index contributed by atoms with van der Waals surface area (Å²) >= 11 is 0. The zero-order chi connectivity index (χ0) is 14.6. The summed E-state index contributed by atoms with van der Waals surface area (Å²) in [5.41, 5.74) is 0. The second-order valence-electron chi connectivity index (χ2n) is 5.10. The van der Waals surface area contributed by atoms with Crippen LogP contribution in [0.4, 0.5) is 0 Å². The zero-order valence-electron chi connectivity index (χ0n) is 13.4. The van der Waals surface area contributed by atoms with E-state index in [0.29, 0.717) is 13.6 Å². The minimum Gasteiger partial charge on any atom is -0.353 e. The maximum absolute atomic E-state index is 5.13. The molecule has 112 valence electrons. The van der Waals surface area contributed by atoms with E-state index in [-0.39, 0.29) is 24.4 Å². The lowest BCUT2D eigenvalue weighted by Gasteiger charge is -2.09. The van der Waals surface area contributed by atoms with E-state index in [0.717, 1.165) is 0 Å². The molecule has 0 heterocycles. The molecule has 4 heteroatoms. The smallest absolute Gasteiger partial charge is 0.147 e. The van der Waals surface area contributed by atoms with Crippen molar-refractivity contribution < 1.29 is 18.9 Å². The van der Waals surface area contributed by atoms with E-state index in [4.69, 9.17) is 18.9 Å². The molecule has 0 N–H and O–H groups in total. The van der Waals surface area contributed by atoms with Crippen molar-refractivity contribution in [3.05, 3.63) is 0 Å². The highest BCUT2D eigenvalue weighted by molar-refractivity contribution is 4.34. The van der Waals surface area contributed by atoms with Crippen LogP contribution in [0.25, 0.3) is 0 Å². The van der Waals surface area contributed by atoms with Crippen molar-refractivity contribution in [1.29, 1.82) is 0 Å². The third-order valence-electron chi connectivity index (χ3n) is 1.61. The highest BCUT2D eigenvalue weighted by Crippen LogP contribution is 1.92. The van der Waals surface area contributed by atoms with Crippen LogP contribution < -0.4 is 0 Å². The molecule has 0 saturated heterocycles. The molecular formula is C14H32O4. The van der Waals surface area contributed by atoms with Gasteiger partial charge in [0.2, 0.25) is 0 Å². The summed E-state index contributed by atoms with van der Waals surface area (Å²) in [7, 11) is 0. The lowest BCUT2D eigenvalue weighted by molar-refractivity contribution is -0.0998. The fraction of sp³-hybridized carbons (Fsp3) is 1.00. The molecule has 0 aliphatic heterocycles. The van der Waals surface area contributed by atoms with Crippen LogP contribution in [0.3, 0.4) is 0 Å². The van der Waals surface area contributed by atoms with Gasteiger partial charge in [0.1, 0.15) is 13.6 Å². The molecule has 0 atom stereocenters. The molecule has 0 spiro atoms. The molecular weight excluding hydrogens is 232 g/mol. The Morgan fingerprint density at radius 2 is 0.611 bits per heavy atom. The molecule has 0 aromatic rings. The molecule has 4 nitrogen and oxygen atoms in total. The summed E-state index contributed by atoms with van der Waals surface area (Å²) in [5.74, 6) is 0. The quantitative estimate of drug-likeness (QED) is 0.628. The van der Waals surface area contributed by atoms with Crippen molar-refractivity contribution >= 4 is 0 Å². The lowest BCUT2D eigenvalue weighted by atomic mass is 10.5. The Kier molecular flexibility index (Phi) is 14.9. The molecule has 0 aromatic carbocycles. The van der Waals surface area contributed by atoms with Crippen molar-refractivity contribution in [2.24, 2.45) is 0 Å². The summed E-state index contributed by atoms with van der Waals surface area (Å²) in [6.07, 6.45) is 1.07. The number of ether oxygens (including phenoxy) is 4.